The molecule has 0 saturated carbocycles. The molecule has 4 N–H and O–H groups in total. The van der Waals surface area contributed by atoms with Crippen LogP contribution in [-0.2, 0) is 40.4 Å². The van der Waals surface area contributed by atoms with Gasteiger partial charge in [0.25, 0.3) is 5.91 Å². The number of alkyl halides is 3. The number of rotatable bonds is 19. The summed E-state index contributed by atoms with van der Waals surface area (Å²) in [6.45, 7) is 1.65. The van der Waals surface area contributed by atoms with Gasteiger partial charge in [-0.2, -0.15) is 18.3 Å². The molecule has 56 heavy (non-hydrogen) atoms. The van der Waals surface area contributed by atoms with E-state index in [9.17, 15) is 34.8 Å². The van der Waals surface area contributed by atoms with Crippen molar-refractivity contribution in [1.29, 1.82) is 0 Å². The van der Waals surface area contributed by atoms with Gasteiger partial charge in [0.15, 0.2) is 5.69 Å². The Morgan fingerprint density at radius 1 is 0.786 bits per heavy atom. The Balaban J connectivity index is 0.982. The fraction of sp³-hybridized carbons (Fsp3) is 0.297. The molecule has 1 heterocycles. The summed E-state index contributed by atoms with van der Waals surface area (Å²) in [5.41, 5.74) is 0.581. The van der Waals surface area contributed by atoms with E-state index in [0.29, 0.717) is 10.9 Å². The van der Waals surface area contributed by atoms with Crippen LogP contribution in [-0.4, -0.2) is 99.3 Å². The number of sulfonamides is 2. The van der Waals surface area contributed by atoms with E-state index in [0.717, 1.165) is 34.0 Å². The number of halogens is 3. The summed E-state index contributed by atoms with van der Waals surface area (Å²) in [4.78, 5) is 14.6. The van der Waals surface area contributed by atoms with Crippen molar-refractivity contribution in [3.05, 3.63) is 102 Å². The van der Waals surface area contributed by atoms with Gasteiger partial charge in [0.2, 0.25) is 20.0 Å². The second-order valence-corrected chi connectivity index (χ2v) is 15.8. The number of anilines is 1. The average molecular weight is 819 g/mol. The zero-order valence-electron chi connectivity index (χ0n) is 30.5. The van der Waals surface area contributed by atoms with Crippen LogP contribution in [0.3, 0.4) is 0 Å². The average Bonchev–Trinajstić information content (AvgIpc) is 3.62. The van der Waals surface area contributed by atoms with Crippen LogP contribution in [0.4, 0.5) is 18.9 Å². The van der Waals surface area contributed by atoms with Gasteiger partial charge in [-0.3, -0.25) is 4.79 Å². The molecule has 0 aliphatic rings. The number of benzene rings is 4. The molecule has 19 heteroatoms. The summed E-state index contributed by atoms with van der Waals surface area (Å²) in [6, 6.07) is 22.3. The van der Waals surface area contributed by atoms with E-state index < -0.39 is 37.8 Å². The van der Waals surface area contributed by atoms with Crippen molar-refractivity contribution in [2.75, 3.05) is 71.7 Å². The van der Waals surface area contributed by atoms with Crippen LogP contribution in [0, 0.1) is 0 Å². The molecule has 0 aliphatic carbocycles. The lowest BCUT2D eigenvalue weighted by Crippen LogP contribution is -2.28. The van der Waals surface area contributed by atoms with E-state index in [1.54, 1.807) is 18.2 Å². The van der Waals surface area contributed by atoms with Crippen molar-refractivity contribution in [2.24, 2.45) is 5.14 Å². The maximum Gasteiger partial charge on any atom is 0.435 e. The van der Waals surface area contributed by atoms with Crippen molar-refractivity contribution in [3.63, 3.8) is 0 Å². The van der Waals surface area contributed by atoms with Gasteiger partial charge >= 0.3 is 6.18 Å². The second kappa shape index (κ2) is 18.4. The second-order valence-electron chi connectivity index (χ2n) is 12.5. The molecule has 0 atom stereocenters. The minimum Gasteiger partial charge on any atom is -0.378 e. The number of ether oxygens (including phenoxy) is 3. The number of carbonyl (C=O) groups is 1. The largest absolute Gasteiger partial charge is 0.435 e. The molecule has 0 saturated heterocycles. The van der Waals surface area contributed by atoms with Crippen LogP contribution in [0.2, 0.25) is 0 Å². The lowest BCUT2D eigenvalue weighted by atomic mass is 10.1. The number of nitrogens with two attached hydrogens (primary N) is 1. The predicted octanol–water partition coefficient (Wildman–Crippen LogP) is 4.18. The standard InChI is InChI=1S/C37H41F3N6O8S2/c1-45(2)32-7-3-6-31-30(32)5-4-8-34(31)56(50,51)43-18-20-53-22-24-54-23-21-52-19-17-42-36(47)27-11-9-26(10-12-27)33-25-35(37(38,39)40)44-46(33)28-13-15-29(16-14-28)55(41,48)49/h3-16,25,43H,17-24H2,1-2H3,(H,42,47)(H2,41,48,49). The molecule has 1 amide bonds. The fourth-order valence-corrected chi connectivity index (χ4v) is 7.34. The highest BCUT2D eigenvalue weighted by atomic mass is 32.2. The Kier molecular flexibility index (Phi) is 13.9. The van der Waals surface area contributed by atoms with Crippen molar-refractivity contribution < 1.29 is 49.0 Å². The topological polar surface area (TPSA) is 184 Å². The molecule has 4 aromatic carbocycles. The van der Waals surface area contributed by atoms with Gasteiger partial charge < -0.3 is 24.4 Å². The highest BCUT2D eigenvalue weighted by Gasteiger charge is 2.35. The number of fused-ring (bicyclic) bond motifs is 1. The first-order chi connectivity index (χ1) is 26.6. The zero-order valence-corrected chi connectivity index (χ0v) is 32.1. The normalized spacial score (nSPS) is 12.2. The Morgan fingerprint density at radius 3 is 1.98 bits per heavy atom. The van der Waals surface area contributed by atoms with Gasteiger partial charge in [0.05, 0.1) is 60.8 Å². The monoisotopic (exact) mass is 818 g/mol. The molecule has 5 rings (SSSR count). The van der Waals surface area contributed by atoms with Gasteiger partial charge in [0.1, 0.15) is 0 Å². The Bertz CT molecular complexity index is 2340. The fourth-order valence-electron chi connectivity index (χ4n) is 5.59. The van der Waals surface area contributed by atoms with Gasteiger partial charge in [-0.05, 0) is 54.6 Å². The lowest BCUT2D eigenvalue weighted by molar-refractivity contribution is -0.141. The first kappa shape index (κ1) is 42.3. The van der Waals surface area contributed by atoms with Gasteiger partial charge in [-0.15, -0.1) is 0 Å². The molecule has 0 unspecified atom stereocenters. The third kappa shape index (κ3) is 10.9. The SMILES string of the molecule is CN(C)c1cccc2c(S(=O)(=O)NCCOCCOCCOCCNC(=O)c3ccc(-c4cc(C(F)(F)F)nn4-c4ccc(S(N)(=O)=O)cc4)cc3)cccc12. The molecule has 0 spiro atoms. The predicted molar refractivity (Wildman–Crippen MR) is 204 cm³/mol. The summed E-state index contributed by atoms with van der Waals surface area (Å²) in [5, 5.41) is 13.0. The van der Waals surface area contributed by atoms with Crippen LogP contribution in [0.25, 0.3) is 27.7 Å². The zero-order chi connectivity index (χ0) is 40.5. The quantitative estimate of drug-likeness (QED) is 0.102. The van der Waals surface area contributed by atoms with E-state index in [-0.39, 0.29) is 79.5 Å². The van der Waals surface area contributed by atoms with E-state index >= 15 is 0 Å². The highest BCUT2D eigenvalue weighted by molar-refractivity contribution is 7.89. The number of primary sulfonamides is 1. The summed E-state index contributed by atoms with van der Waals surface area (Å²) in [6.07, 6.45) is -4.74. The molecule has 300 valence electrons. The van der Waals surface area contributed by atoms with Crippen LogP contribution < -0.4 is 20.1 Å². The molecule has 1 aromatic heterocycles. The molecule has 0 fully saturated rings. The molecule has 14 nitrogen and oxygen atoms in total. The van der Waals surface area contributed by atoms with Gasteiger partial charge in [-0.1, -0.05) is 36.4 Å². The lowest BCUT2D eigenvalue weighted by Gasteiger charge is -2.17. The minimum absolute atomic E-state index is 0.0639. The number of carbonyl (C=O) groups excluding carboxylic acids is 1. The summed E-state index contributed by atoms with van der Waals surface area (Å²) >= 11 is 0. The van der Waals surface area contributed by atoms with E-state index in [2.05, 4.69) is 15.1 Å². The molecule has 5 aromatic rings. The van der Waals surface area contributed by atoms with E-state index in [1.165, 1.54) is 36.4 Å². The summed E-state index contributed by atoms with van der Waals surface area (Å²) in [7, 11) is -3.98. The number of amides is 1. The number of nitrogens with one attached hydrogen (secondary N) is 2. The van der Waals surface area contributed by atoms with Crippen LogP contribution in [0.5, 0.6) is 0 Å². The Hall–Kier alpha value is -4.89. The van der Waals surface area contributed by atoms with Gasteiger partial charge in [-0.25, -0.2) is 31.4 Å². The van der Waals surface area contributed by atoms with Crippen molar-refractivity contribution in [3.8, 4) is 16.9 Å². The number of hydrogen-bond acceptors (Lipinski definition) is 10. The molecular weight excluding hydrogens is 778 g/mol. The first-order valence-corrected chi connectivity index (χ1v) is 20.2. The van der Waals surface area contributed by atoms with Crippen LogP contribution in [0.15, 0.2) is 101 Å². The summed E-state index contributed by atoms with van der Waals surface area (Å²) in [5.74, 6) is -0.422. The maximum absolute atomic E-state index is 13.6. The maximum atomic E-state index is 13.6. The number of hydrogen-bond donors (Lipinski definition) is 3. The van der Waals surface area contributed by atoms with E-state index in [4.69, 9.17) is 19.3 Å². The van der Waals surface area contributed by atoms with Crippen molar-refractivity contribution in [1.82, 2.24) is 19.8 Å². The van der Waals surface area contributed by atoms with Crippen molar-refractivity contribution >= 4 is 42.4 Å². The Morgan fingerprint density at radius 2 is 1.38 bits per heavy atom. The molecule has 0 bridgehead atoms. The smallest absolute Gasteiger partial charge is 0.378 e. The number of aromatic nitrogens is 2. The van der Waals surface area contributed by atoms with Crippen LogP contribution in [0.1, 0.15) is 16.1 Å². The van der Waals surface area contributed by atoms with E-state index in [1.807, 2.05) is 37.2 Å². The Labute approximate surface area is 322 Å². The molecule has 0 aliphatic heterocycles. The van der Waals surface area contributed by atoms with Crippen LogP contribution >= 0.6 is 0 Å². The van der Waals surface area contributed by atoms with Gasteiger partial charge in [0, 0.05) is 54.8 Å². The minimum atomic E-state index is -4.74. The third-order valence-corrected chi connectivity index (χ3v) is 10.7. The third-order valence-electron chi connectivity index (χ3n) is 8.30. The molecular formula is C37H41F3N6O8S2. The summed E-state index contributed by atoms with van der Waals surface area (Å²) < 4.78 is 110. The van der Waals surface area contributed by atoms with Crippen molar-refractivity contribution in [2.45, 2.75) is 16.0 Å². The molecule has 0 radical (unpaired) electrons. The highest BCUT2D eigenvalue weighted by Crippen LogP contribution is 2.34. The number of nitrogens with zero attached hydrogens (tertiary/aromatic N) is 3. The first-order valence-electron chi connectivity index (χ1n) is 17.2.